The molecular formula is C14H16N2O3. The van der Waals surface area contributed by atoms with Crippen LogP contribution in [0.5, 0.6) is 0 Å². The first kappa shape index (κ1) is 13.3. The highest BCUT2D eigenvalue weighted by molar-refractivity contribution is 5.92. The van der Waals surface area contributed by atoms with Gasteiger partial charge in [-0.15, -0.1) is 0 Å². The Morgan fingerprint density at radius 3 is 2.79 bits per heavy atom. The SMILES string of the molecule is CC(C)CONC(=O)c1cc(-c2ccccc2)on1. The number of hydroxylamine groups is 1. The summed E-state index contributed by atoms with van der Waals surface area (Å²) in [5.41, 5.74) is 3.40. The quantitative estimate of drug-likeness (QED) is 0.839. The van der Waals surface area contributed by atoms with Gasteiger partial charge in [-0.25, -0.2) is 5.48 Å². The molecule has 0 atom stereocenters. The molecule has 1 N–H and O–H groups in total. The predicted octanol–water partition coefficient (Wildman–Crippen LogP) is 2.66. The van der Waals surface area contributed by atoms with Gasteiger partial charge in [-0.05, 0) is 5.92 Å². The molecule has 0 aliphatic heterocycles. The largest absolute Gasteiger partial charge is 0.355 e. The Hall–Kier alpha value is -2.14. The fourth-order valence-corrected chi connectivity index (χ4v) is 1.45. The fourth-order valence-electron chi connectivity index (χ4n) is 1.45. The van der Waals surface area contributed by atoms with Crippen molar-refractivity contribution in [2.24, 2.45) is 5.92 Å². The Labute approximate surface area is 111 Å². The van der Waals surface area contributed by atoms with Gasteiger partial charge in [0.25, 0.3) is 5.91 Å². The van der Waals surface area contributed by atoms with E-state index in [4.69, 9.17) is 9.36 Å². The first-order valence-corrected chi connectivity index (χ1v) is 6.11. The Balaban J connectivity index is 1.99. The van der Waals surface area contributed by atoms with Crippen LogP contribution in [0.15, 0.2) is 40.9 Å². The zero-order valence-corrected chi connectivity index (χ0v) is 10.9. The number of amides is 1. The summed E-state index contributed by atoms with van der Waals surface area (Å²) >= 11 is 0. The maximum Gasteiger partial charge on any atom is 0.297 e. The zero-order valence-electron chi connectivity index (χ0n) is 10.9. The van der Waals surface area contributed by atoms with E-state index in [1.807, 2.05) is 44.2 Å². The smallest absolute Gasteiger partial charge is 0.297 e. The highest BCUT2D eigenvalue weighted by Gasteiger charge is 2.13. The van der Waals surface area contributed by atoms with Crippen molar-refractivity contribution in [2.45, 2.75) is 13.8 Å². The summed E-state index contributed by atoms with van der Waals surface area (Å²) in [6.07, 6.45) is 0. The maximum atomic E-state index is 11.7. The van der Waals surface area contributed by atoms with E-state index in [0.29, 0.717) is 18.3 Å². The van der Waals surface area contributed by atoms with E-state index < -0.39 is 5.91 Å². The second-order valence-electron chi connectivity index (χ2n) is 4.58. The minimum absolute atomic E-state index is 0.197. The molecule has 0 radical (unpaired) electrons. The van der Waals surface area contributed by atoms with Crippen LogP contribution in [0.1, 0.15) is 24.3 Å². The molecule has 1 amide bonds. The minimum atomic E-state index is -0.411. The van der Waals surface area contributed by atoms with Crippen molar-refractivity contribution in [3.05, 3.63) is 42.1 Å². The summed E-state index contributed by atoms with van der Waals surface area (Å²) in [4.78, 5) is 16.8. The van der Waals surface area contributed by atoms with Crippen LogP contribution in [0.2, 0.25) is 0 Å². The molecule has 0 fully saturated rings. The number of nitrogens with one attached hydrogen (secondary N) is 1. The maximum absolute atomic E-state index is 11.7. The van der Waals surface area contributed by atoms with Crippen molar-refractivity contribution in [1.29, 1.82) is 0 Å². The van der Waals surface area contributed by atoms with Gasteiger partial charge in [-0.3, -0.25) is 9.63 Å². The minimum Gasteiger partial charge on any atom is -0.355 e. The topological polar surface area (TPSA) is 64.4 Å². The Morgan fingerprint density at radius 1 is 1.37 bits per heavy atom. The number of rotatable bonds is 5. The van der Waals surface area contributed by atoms with Gasteiger partial charge in [0.15, 0.2) is 11.5 Å². The second-order valence-corrected chi connectivity index (χ2v) is 4.58. The number of benzene rings is 1. The average molecular weight is 260 g/mol. The van der Waals surface area contributed by atoms with E-state index in [9.17, 15) is 4.79 Å². The number of hydrogen-bond donors (Lipinski definition) is 1. The number of hydrogen-bond acceptors (Lipinski definition) is 4. The molecule has 0 saturated heterocycles. The van der Waals surface area contributed by atoms with Crippen molar-refractivity contribution in [1.82, 2.24) is 10.6 Å². The van der Waals surface area contributed by atoms with Gasteiger partial charge in [-0.1, -0.05) is 49.3 Å². The monoisotopic (exact) mass is 260 g/mol. The highest BCUT2D eigenvalue weighted by Crippen LogP contribution is 2.19. The summed E-state index contributed by atoms with van der Waals surface area (Å²) in [5, 5.41) is 3.72. The van der Waals surface area contributed by atoms with E-state index in [0.717, 1.165) is 5.56 Å². The number of aromatic nitrogens is 1. The molecule has 1 heterocycles. The summed E-state index contributed by atoms with van der Waals surface area (Å²) in [6.45, 7) is 4.45. The Morgan fingerprint density at radius 2 is 2.11 bits per heavy atom. The average Bonchev–Trinajstić information content (AvgIpc) is 2.89. The molecule has 5 heteroatoms. The first-order valence-electron chi connectivity index (χ1n) is 6.11. The lowest BCUT2D eigenvalue weighted by molar-refractivity contribution is 0.0202. The van der Waals surface area contributed by atoms with Crippen molar-refractivity contribution in [3.63, 3.8) is 0 Å². The predicted molar refractivity (Wildman–Crippen MR) is 70.2 cm³/mol. The van der Waals surface area contributed by atoms with E-state index in [-0.39, 0.29) is 5.69 Å². The number of nitrogens with zero attached hydrogens (tertiary/aromatic N) is 1. The Bertz CT molecular complexity index is 535. The van der Waals surface area contributed by atoms with Crippen LogP contribution in [-0.4, -0.2) is 17.7 Å². The summed E-state index contributed by atoms with van der Waals surface area (Å²) in [5.74, 6) is 0.485. The van der Waals surface area contributed by atoms with Gasteiger partial charge in [0.2, 0.25) is 0 Å². The molecule has 2 rings (SSSR count). The molecule has 0 spiro atoms. The third-order valence-corrected chi connectivity index (χ3v) is 2.38. The third-order valence-electron chi connectivity index (χ3n) is 2.38. The Kier molecular flexibility index (Phi) is 4.30. The lowest BCUT2D eigenvalue weighted by atomic mass is 10.2. The summed E-state index contributed by atoms with van der Waals surface area (Å²) in [7, 11) is 0. The van der Waals surface area contributed by atoms with E-state index >= 15 is 0 Å². The summed E-state index contributed by atoms with van der Waals surface area (Å²) in [6, 6.07) is 11.1. The van der Waals surface area contributed by atoms with Gasteiger partial charge >= 0.3 is 0 Å². The number of carbonyl (C=O) groups excluding carboxylic acids is 1. The van der Waals surface area contributed by atoms with Gasteiger partial charge < -0.3 is 4.52 Å². The second kappa shape index (κ2) is 6.15. The lowest BCUT2D eigenvalue weighted by Gasteiger charge is -2.05. The first-order chi connectivity index (χ1) is 9.16. The van der Waals surface area contributed by atoms with E-state index in [1.54, 1.807) is 6.07 Å². The fraction of sp³-hybridized carbons (Fsp3) is 0.286. The van der Waals surface area contributed by atoms with Gasteiger partial charge in [-0.2, -0.15) is 0 Å². The molecule has 100 valence electrons. The van der Waals surface area contributed by atoms with Crippen molar-refractivity contribution in [3.8, 4) is 11.3 Å². The van der Waals surface area contributed by atoms with Gasteiger partial charge in [0.05, 0.1) is 6.61 Å². The number of carbonyl (C=O) groups is 1. The van der Waals surface area contributed by atoms with Crippen LogP contribution in [0, 0.1) is 5.92 Å². The third kappa shape index (κ3) is 3.66. The van der Waals surface area contributed by atoms with Crippen LogP contribution in [0.3, 0.4) is 0 Å². The molecule has 0 bridgehead atoms. The normalized spacial score (nSPS) is 10.7. The molecule has 2 aromatic rings. The van der Waals surface area contributed by atoms with Crippen LogP contribution < -0.4 is 5.48 Å². The standard InChI is InChI=1S/C14H16N2O3/c1-10(2)9-18-16-14(17)12-8-13(19-15-12)11-6-4-3-5-7-11/h3-8,10H,9H2,1-2H3,(H,16,17). The van der Waals surface area contributed by atoms with E-state index in [1.165, 1.54) is 0 Å². The van der Waals surface area contributed by atoms with Gasteiger partial charge in [0.1, 0.15) is 0 Å². The van der Waals surface area contributed by atoms with Crippen LogP contribution >= 0.6 is 0 Å². The molecule has 0 aliphatic rings. The van der Waals surface area contributed by atoms with Crippen molar-refractivity contribution in [2.75, 3.05) is 6.61 Å². The van der Waals surface area contributed by atoms with Crippen molar-refractivity contribution >= 4 is 5.91 Å². The molecule has 1 aromatic carbocycles. The molecule has 5 nitrogen and oxygen atoms in total. The molecule has 0 aliphatic carbocycles. The van der Waals surface area contributed by atoms with E-state index in [2.05, 4.69) is 10.6 Å². The highest BCUT2D eigenvalue weighted by atomic mass is 16.7. The summed E-state index contributed by atoms with van der Waals surface area (Å²) < 4.78 is 5.13. The molecular weight excluding hydrogens is 244 g/mol. The molecule has 0 saturated carbocycles. The van der Waals surface area contributed by atoms with Crippen LogP contribution in [-0.2, 0) is 4.84 Å². The lowest BCUT2D eigenvalue weighted by Crippen LogP contribution is -2.25. The van der Waals surface area contributed by atoms with Crippen LogP contribution in [0.4, 0.5) is 0 Å². The molecule has 1 aromatic heterocycles. The van der Waals surface area contributed by atoms with Crippen LogP contribution in [0.25, 0.3) is 11.3 Å². The molecule has 19 heavy (non-hydrogen) atoms. The van der Waals surface area contributed by atoms with Crippen molar-refractivity contribution < 1.29 is 14.2 Å². The van der Waals surface area contributed by atoms with Gasteiger partial charge in [0, 0.05) is 11.6 Å². The molecule has 0 unspecified atom stereocenters. The zero-order chi connectivity index (χ0) is 13.7.